The molecular weight excluding hydrogens is 564 g/mol. The van der Waals surface area contributed by atoms with Gasteiger partial charge in [-0.05, 0) is 30.2 Å². The molecule has 222 valence electrons. The number of anilines is 1. The number of nitrogens with zero attached hydrogens (tertiary/aromatic N) is 2. The number of para-hydroxylation sites is 2. The lowest BCUT2D eigenvalue weighted by molar-refractivity contribution is -0.192. The lowest BCUT2D eigenvalue weighted by atomic mass is 9.90. The molecular formula is C27H26F4N6O5. The van der Waals surface area contributed by atoms with Crippen LogP contribution in [0.3, 0.4) is 0 Å². The SMILES string of the molecule is COc1cc(F)c(C(Cc2ccc(C(=N)N)cc2)c2nn(-c3ccccc3N)c(=O)[nH]2)cc1OC.O=C(O)C(F)(F)F. The molecule has 1 heterocycles. The minimum absolute atomic E-state index is 0.0532. The molecule has 0 fully saturated rings. The number of nitrogens with one attached hydrogen (secondary N) is 2. The maximum atomic E-state index is 15.3. The highest BCUT2D eigenvalue weighted by atomic mass is 19.4. The van der Waals surface area contributed by atoms with E-state index in [9.17, 15) is 18.0 Å². The number of benzene rings is 3. The molecule has 7 N–H and O–H groups in total. The van der Waals surface area contributed by atoms with Crippen molar-refractivity contribution in [2.24, 2.45) is 5.73 Å². The Morgan fingerprint density at radius 2 is 1.67 bits per heavy atom. The molecule has 0 saturated heterocycles. The highest BCUT2D eigenvalue weighted by Gasteiger charge is 2.38. The molecule has 0 spiro atoms. The van der Waals surface area contributed by atoms with E-state index >= 15 is 4.39 Å². The summed E-state index contributed by atoms with van der Waals surface area (Å²) in [5, 5.41) is 19.2. The zero-order chi connectivity index (χ0) is 31.2. The summed E-state index contributed by atoms with van der Waals surface area (Å²) >= 11 is 0. The van der Waals surface area contributed by atoms with Gasteiger partial charge in [-0.2, -0.15) is 17.9 Å². The van der Waals surface area contributed by atoms with E-state index in [2.05, 4.69) is 10.1 Å². The summed E-state index contributed by atoms with van der Waals surface area (Å²) < 4.78 is 58.8. The van der Waals surface area contributed by atoms with Crippen LogP contribution >= 0.6 is 0 Å². The van der Waals surface area contributed by atoms with Crippen LogP contribution in [0.1, 0.15) is 28.4 Å². The molecule has 15 heteroatoms. The maximum Gasteiger partial charge on any atom is 0.490 e. The normalized spacial score (nSPS) is 11.7. The number of carbonyl (C=O) groups is 1. The first-order valence-electron chi connectivity index (χ1n) is 12.0. The number of rotatable bonds is 8. The number of ether oxygens (including phenoxy) is 2. The topological polar surface area (TPSA) is 182 Å². The number of halogens is 4. The Balaban J connectivity index is 0.000000616. The average molecular weight is 591 g/mol. The molecule has 1 atom stereocenters. The smallest absolute Gasteiger partial charge is 0.490 e. The van der Waals surface area contributed by atoms with Crippen molar-refractivity contribution in [2.75, 3.05) is 20.0 Å². The Morgan fingerprint density at radius 1 is 1.10 bits per heavy atom. The summed E-state index contributed by atoms with van der Waals surface area (Å²) in [5.41, 5.74) is 13.5. The lowest BCUT2D eigenvalue weighted by Gasteiger charge is -2.18. The highest BCUT2D eigenvalue weighted by molar-refractivity contribution is 5.94. The predicted molar refractivity (Wildman–Crippen MR) is 145 cm³/mol. The highest BCUT2D eigenvalue weighted by Crippen LogP contribution is 2.36. The third-order valence-corrected chi connectivity index (χ3v) is 5.96. The summed E-state index contributed by atoms with van der Waals surface area (Å²) in [6, 6.07) is 16.6. The van der Waals surface area contributed by atoms with Crippen LogP contribution in [-0.2, 0) is 11.2 Å². The second-order valence-corrected chi connectivity index (χ2v) is 8.68. The van der Waals surface area contributed by atoms with Crippen LogP contribution in [0.2, 0.25) is 0 Å². The summed E-state index contributed by atoms with van der Waals surface area (Å²) in [6.45, 7) is 0. The van der Waals surface area contributed by atoms with Gasteiger partial charge in [0.1, 0.15) is 17.5 Å². The van der Waals surface area contributed by atoms with Crippen LogP contribution in [0.5, 0.6) is 11.5 Å². The largest absolute Gasteiger partial charge is 0.493 e. The molecule has 11 nitrogen and oxygen atoms in total. The first-order chi connectivity index (χ1) is 19.8. The number of H-pyrrole nitrogens is 1. The molecule has 3 aromatic carbocycles. The second-order valence-electron chi connectivity index (χ2n) is 8.68. The van der Waals surface area contributed by atoms with Crippen molar-refractivity contribution in [1.29, 1.82) is 5.41 Å². The van der Waals surface area contributed by atoms with Gasteiger partial charge in [0, 0.05) is 17.2 Å². The van der Waals surface area contributed by atoms with E-state index < -0.39 is 29.6 Å². The Labute approximate surface area is 235 Å². The van der Waals surface area contributed by atoms with Gasteiger partial charge in [0.05, 0.1) is 31.5 Å². The van der Waals surface area contributed by atoms with Crippen molar-refractivity contribution >= 4 is 17.5 Å². The van der Waals surface area contributed by atoms with Gasteiger partial charge in [0.2, 0.25) is 0 Å². The van der Waals surface area contributed by atoms with Gasteiger partial charge >= 0.3 is 17.8 Å². The van der Waals surface area contributed by atoms with Gasteiger partial charge in [-0.25, -0.2) is 14.0 Å². The number of aliphatic carboxylic acids is 1. The van der Waals surface area contributed by atoms with Gasteiger partial charge in [-0.3, -0.25) is 10.4 Å². The Bertz CT molecular complexity index is 1630. The summed E-state index contributed by atoms with van der Waals surface area (Å²) in [5.74, 6) is -3.20. The summed E-state index contributed by atoms with van der Waals surface area (Å²) in [7, 11) is 2.89. The van der Waals surface area contributed by atoms with Crippen LogP contribution in [0.4, 0.5) is 23.2 Å². The van der Waals surface area contributed by atoms with Crippen molar-refractivity contribution < 1.29 is 36.9 Å². The summed E-state index contributed by atoms with van der Waals surface area (Å²) in [4.78, 5) is 24.5. The molecule has 0 radical (unpaired) electrons. The average Bonchev–Trinajstić information content (AvgIpc) is 3.32. The van der Waals surface area contributed by atoms with E-state index in [1.54, 1.807) is 48.5 Å². The molecule has 0 bridgehead atoms. The zero-order valence-corrected chi connectivity index (χ0v) is 22.2. The number of aromatic amines is 1. The molecule has 1 aromatic heterocycles. The van der Waals surface area contributed by atoms with Crippen LogP contribution in [0, 0.1) is 11.2 Å². The fourth-order valence-electron chi connectivity index (χ4n) is 3.89. The van der Waals surface area contributed by atoms with E-state index in [-0.39, 0.29) is 23.0 Å². The number of alkyl halides is 3. The quantitative estimate of drug-likeness (QED) is 0.0893. The van der Waals surface area contributed by atoms with Gasteiger partial charge in [-0.15, -0.1) is 5.10 Å². The standard InChI is InChI=1S/C25H25FN6O3.C2HF3O2/c1-34-21-12-16(18(26)13-22(21)35-2)17(11-14-7-9-15(10-8-14)23(28)29)24-30-25(33)32(31-24)20-6-4-3-5-19(20)27;3-2(4,5)1(6)7/h3-10,12-13,17H,11,27H2,1-2H3,(H3,28,29)(H,30,31,33);(H,6,7). The molecule has 42 heavy (non-hydrogen) atoms. The van der Waals surface area contributed by atoms with E-state index in [0.29, 0.717) is 29.1 Å². The molecule has 0 amide bonds. The lowest BCUT2D eigenvalue weighted by Crippen LogP contribution is -2.21. The maximum absolute atomic E-state index is 15.3. The third-order valence-electron chi connectivity index (χ3n) is 5.96. The summed E-state index contributed by atoms with van der Waals surface area (Å²) in [6.07, 6.45) is -4.79. The molecule has 4 rings (SSSR count). The van der Waals surface area contributed by atoms with Crippen molar-refractivity contribution in [2.45, 2.75) is 18.5 Å². The third kappa shape index (κ3) is 7.24. The van der Waals surface area contributed by atoms with Crippen LogP contribution in [0.25, 0.3) is 5.69 Å². The fourth-order valence-corrected chi connectivity index (χ4v) is 3.89. The van der Waals surface area contributed by atoms with Crippen LogP contribution < -0.4 is 26.6 Å². The van der Waals surface area contributed by atoms with Crippen LogP contribution in [0.15, 0.2) is 65.5 Å². The number of nitrogen functional groups attached to an aromatic ring is 2. The molecule has 0 aliphatic carbocycles. The Morgan fingerprint density at radius 3 is 2.19 bits per heavy atom. The Kier molecular flexibility index (Phi) is 9.57. The predicted octanol–water partition coefficient (Wildman–Crippen LogP) is 3.59. The number of methoxy groups -OCH3 is 2. The number of carboxylic acids is 1. The number of aromatic nitrogens is 3. The number of carboxylic acid groups (broad SMARTS) is 1. The first kappa shape index (κ1) is 31.2. The van der Waals surface area contributed by atoms with E-state index in [4.69, 9.17) is 36.3 Å². The molecule has 0 saturated carbocycles. The van der Waals surface area contributed by atoms with Gasteiger partial charge in [-0.1, -0.05) is 36.4 Å². The number of amidine groups is 1. The minimum Gasteiger partial charge on any atom is -0.493 e. The van der Waals surface area contributed by atoms with Crippen LogP contribution in [-0.4, -0.2) is 52.1 Å². The van der Waals surface area contributed by atoms with Gasteiger partial charge in [0.15, 0.2) is 11.5 Å². The number of hydrogen-bond acceptors (Lipinski definition) is 7. The molecule has 0 aliphatic rings. The van der Waals surface area contributed by atoms with Gasteiger partial charge in [0.25, 0.3) is 0 Å². The first-order valence-corrected chi connectivity index (χ1v) is 12.0. The fraction of sp³-hybridized carbons (Fsp3) is 0.185. The number of nitrogens with two attached hydrogens (primary N) is 2. The Hall–Kier alpha value is -5.34. The van der Waals surface area contributed by atoms with Crippen molar-refractivity contribution in [3.05, 3.63) is 99.5 Å². The molecule has 1 unspecified atom stereocenters. The van der Waals surface area contributed by atoms with Crippen molar-refractivity contribution in [3.63, 3.8) is 0 Å². The molecule has 4 aromatic rings. The minimum atomic E-state index is -5.08. The van der Waals surface area contributed by atoms with Crippen molar-refractivity contribution in [1.82, 2.24) is 14.8 Å². The van der Waals surface area contributed by atoms with E-state index in [0.717, 1.165) is 10.2 Å². The monoisotopic (exact) mass is 590 g/mol. The van der Waals surface area contributed by atoms with Crippen molar-refractivity contribution in [3.8, 4) is 17.2 Å². The van der Waals surface area contributed by atoms with Gasteiger partial charge < -0.3 is 26.0 Å². The second kappa shape index (κ2) is 12.9. The number of hydrogen-bond donors (Lipinski definition) is 5. The van der Waals surface area contributed by atoms with E-state index in [1.165, 1.54) is 26.4 Å². The van der Waals surface area contributed by atoms with E-state index in [1.807, 2.05) is 0 Å². The molecule has 0 aliphatic heterocycles. The zero-order valence-electron chi connectivity index (χ0n) is 22.2.